The summed E-state index contributed by atoms with van der Waals surface area (Å²) in [6, 6.07) is 9.72. The van der Waals surface area contributed by atoms with E-state index in [1.54, 1.807) is 4.90 Å². The van der Waals surface area contributed by atoms with Crippen LogP contribution in [0.5, 0.6) is 0 Å². The average molecular weight is 315 g/mol. The van der Waals surface area contributed by atoms with E-state index >= 15 is 0 Å². The largest absolute Gasteiger partial charge is 0.377 e. The summed E-state index contributed by atoms with van der Waals surface area (Å²) in [6.45, 7) is 4.04. The van der Waals surface area contributed by atoms with E-state index in [0.29, 0.717) is 44.9 Å². The maximum absolute atomic E-state index is 12.7. The van der Waals surface area contributed by atoms with Crippen LogP contribution in [0.25, 0.3) is 0 Å². The molecule has 1 fully saturated rings. The number of benzene rings is 1. The van der Waals surface area contributed by atoms with E-state index in [0.717, 1.165) is 5.56 Å². The molecule has 0 aromatic heterocycles. The second-order valence-corrected chi connectivity index (χ2v) is 5.91. The van der Waals surface area contributed by atoms with Gasteiger partial charge in [-0.05, 0) is 12.5 Å². The molecule has 23 heavy (non-hydrogen) atoms. The minimum Gasteiger partial charge on any atom is -0.377 e. The molecule has 0 N–H and O–H groups in total. The number of hydrogen-bond donors (Lipinski definition) is 0. The van der Waals surface area contributed by atoms with E-state index in [4.69, 9.17) is 4.74 Å². The van der Waals surface area contributed by atoms with Gasteiger partial charge in [0.05, 0.1) is 25.8 Å². The number of nitrogens with zero attached hydrogens (tertiary/aromatic N) is 3. The summed E-state index contributed by atoms with van der Waals surface area (Å²) in [5.41, 5.74) is 1.47. The summed E-state index contributed by atoms with van der Waals surface area (Å²) in [5.74, 6) is -0.119. The number of hydrazone groups is 1. The zero-order valence-electron chi connectivity index (χ0n) is 13.3. The van der Waals surface area contributed by atoms with E-state index in [1.807, 2.05) is 37.3 Å². The van der Waals surface area contributed by atoms with Crippen molar-refractivity contribution in [3.63, 3.8) is 0 Å². The summed E-state index contributed by atoms with van der Waals surface area (Å²) in [6.07, 6.45) is 0.739. The SMILES string of the molecule is C[C@H]1COCCN1C(=O)C1=NN(Cc2ccccc2)C(=O)CC1. The number of hydrogen-bond acceptors (Lipinski definition) is 4. The Hall–Kier alpha value is -2.21. The fourth-order valence-electron chi connectivity index (χ4n) is 2.83. The Morgan fingerprint density at radius 3 is 2.83 bits per heavy atom. The maximum Gasteiger partial charge on any atom is 0.270 e. The van der Waals surface area contributed by atoms with Crippen molar-refractivity contribution in [1.82, 2.24) is 9.91 Å². The molecule has 3 rings (SSSR count). The van der Waals surface area contributed by atoms with Gasteiger partial charge < -0.3 is 9.64 Å². The molecule has 2 aliphatic rings. The third kappa shape index (κ3) is 3.59. The van der Waals surface area contributed by atoms with E-state index in [-0.39, 0.29) is 17.9 Å². The molecule has 0 bridgehead atoms. The quantitative estimate of drug-likeness (QED) is 0.847. The van der Waals surface area contributed by atoms with Crippen LogP contribution in [-0.4, -0.2) is 53.2 Å². The first kappa shape index (κ1) is 15.7. The number of morpholine rings is 1. The summed E-state index contributed by atoms with van der Waals surface area (Å²) in [7, 11) is 0. The molecule has 1 aromatic carbocycles. The normalized spacial score (nSPS) is 22.0. The van der Waals surface area contributed by atoms with Crippen LogP contribution < -0.4 is 0 Å². The number of rotatable bonds is 3. The van der Waals surface area contributed by atoms with Crippen LogP contribution in [0.3, 0.4) is 0 Å². The Morgan fingerprint density at radius 1 is 1.30 bits per heavy atom. The molecule has 2 amide bonds. The number of carbonyl (C=O) groups excluding carboxylic acids is 2. The van der Waals surface area contributed by atoms with Gasteiger partial charge in [0.1, 0.15) is 5.71 Å². The number of carbonyl (C=O) groups is 2. The predicted molar refractivity (Wildman–Crippen MR) is 85.7 cm³/mol. The topological polar surface area (TPSA) is 62.2 Å². The highest BCUT2D eigenvalue weighted by atomic mass is 16.5. The Balaban J connectivity index is 1.75. The minimum absolute atomic E-state index is 0.0409. The van der Waals surface area contributed by atoms with Gasteiger partial charge in [-0.3, -0.25) is 9.59 Å². The molecule has 1 saturated heterocycles. The van der Waals surface area contributed by atoms with Gasteiger partial charge in [0.25, 0.3) is 5.91 Å². The van der Waals surface area contributed by atoms with Crippen molar-refractivity contribution < 1.29 is 14.3 Å². The van der Waals surface area contributed by atoms with Crippen LogP contribution >= 0.6 is 0 Å². The third-order valence-corrected chi connectivity index (χ3v) is 4.16. The van der Waals surface area contributed by atoms with Crippen LogP contribution in [0.4, 0.5) is 0 Å². The Labute approximate surface area is 135 Å². The Bertz CT molecular complexity index is 615. The highest BCUT2D eigenvalue weighted by Gasteiger charge is 2.31. The zero-order valence-corrected chi connectivity index (χ0v) is 13.3. The van der Waals surface area contributed by atoms with Gasteiger partial charge in [-0.2, -0.15) is 5.10 Å². The molecule has 0 saturated carbocycles. The molecule has 2 aliphatic heterocycles. The first-order valence-electron chi connectivity index (χ1n) is 7.95. The molecule has 6 nitrogen and oxygen atoms in total. The molecule has 0 aliphatic carbocycles. The fourth-order valence-corrected chi connectivity index (χ4v) is 2.83. The lowest BCUT2D eigenvalue weighted by Gasteiger charge is -2.34. The van der Waals surface area contributed by atoms with Crippen LogP contribution in [0.1, 0.15) is 25.3 Å². The summed E-state index contributed by atoms with van der Waals surface area (Å²) in [4.78, 5) is 26.5. The smallest absolute Gasteiger partial charge is 0.270 e. The van der Waals surface area contributed by atoms with Gasteiger partial charge in [0.15, 0.2) is 0 Å². The standard InChI is InChI=1S/C17H21N3O3/c1-13-12-23-10-9-19(13)17(22)15-7-8-16(21)20(18-15)11-14-5-3-2-4-6-14/h2-6,13H,7-12H2,1H3/t13-/m0/s1. The third-order valence-electron chi connectivity index (χ3n) is 4.16. The first-order valence-corrected chi connectivity index (χ1v) is 7.95. The lowest BCUT2D eigenvalue weighted by atomic mass is 10.1. The van der Waals surface area contributed by atoms with Gasteiger partial charge in [0.2, 0.25) is 5.91 Å². The second-order valence-electron chi connectivity index (χ2n) is 5.91. The van der Waals surface area contributed by atoms with Gasteiger partial charge in [-0.1, -0.05) is 30.3 Å². The lowest BCUT2D eigenvalue weighted by molar-refractivity contribution is -0.134. The molecule has 0 radical (unpaired) electrons. The van der Waals surface area contributed by atoms with Gasteiger partial charge >= 0.3 is 0 Å². The second kappa shape index (κ2) is 6.91. The summed E-state index contributed by atoms with van der Waals surface area (Å²) >= 11 is 0. The first-order chi connectivity index (χ1) is 11.1. The monoisotopic (exact) mass is 315 g/mol. The Kier molecular flexibility index (Phi) is 4.71. The summed E-state index contributed by atoms with van der Waals surface area (Å²) < 4.78 is 5.37. The van der Waals surface area contributed by atoms with E-state index in [9.17, 15) is 9.59 Å². The molecule has 6 heteroatoms. The molecule has 2 heterocycles. The summed E-state index contributed by atoms with van der Waals surface area (Å²) in [5, 5.41) is 5.75. The molecule has 0 unspecified atom stereocenters. The predicted octanol–water partition coefficient (Wildman–Crippen LogP) is 1.41. The highest BCUT2D eigenvalue weighted by molar-refractivity contribution is 6.39. The van der Waals surface area contributed by atoms with Crippen LogP contribution in [0.15, 0.2) is 35.4 Å². The lowest BCUT2D eigenvalue weighted by Crippen LogP contribution is -2.50. The van der Waals surface area contributed by atoms with Gasteiger partial charge in [-0.25, -0.2) is 5.01 Å². The van der Waals surface area contributed by atoms with E-state index < -0.39 is 0 Å². The van der Waals surface area contributed by atoms with Crippen LogP contribution in [0.2, 0.25) is 0 Å². The van der Waals surface area contributed by atoms with Gasteiger partial charge in [-0.15, -0.1) is 0 Å². The van der Waals surface area contributed by atoms with Crippen molar-refractivity contribution in [2.45, 2.75) is 32.4 Å². The fraction of sp³-hybridized carbons (Fsp3) is 0.471. The number of ether oxygens (including phenoxy) is 1. The van der Waals surface area contributed by atoms with Crippen molar-refractivity contribution in [3.05, 3.63) is 35.9 Å². The molecule has 122 valence electrons. The average Bonchev–Trinajstić information content (AvgIpc) is 2.58. The van der Waals surface area contributed by atoms with Crippen molar-refractivity contribution in [1.29, 1.82) is 0 Å². The van der Waals surface area contributed by atoms with Crippen molar-refractivity contribution >= 4 is 17.5 Å². The van der Waals surface area contributed by atoms with Gasteiger partial charge in [0, 0.05) is 19.4 Å². The maximum atomic E-state index is 12.7. The zero-order chi connectivity index (χ0) is 16.2. The molecule has 1 atom stereocenters. The van der Waals surface area contributed by atoms with Crippen molar-refractivity contribution in [2.24, 2.45) is 5.10 Å². The molecular weight excluding hydrogens is 294 g/mol. The van der Waals surface area contributed by atoms with Crippen LogP contribution in [0, 0.1) is 0 Å². The van der Waals surface area contributed by atoms with Crippen molar-refractivity contribution in [2.75, 3.05) is 19.8 Å². The van der Waals surface area contributed by atoms with Crippen molar-refractivity contribution in [3.8, 4) is 0 Å². The Morgan fingerprint density at radius 2 is 2.09 bits per heavy atom. The number of amides is 2. The molecule has 1 aromatic rings. The minimum atomic E-state index is -0.0774. The molecular formula is C17H21N3O3. The highest BCUT2D eigenvalue weighted by Crippen LogP contribution is 2.16. The van der Waals surface area contributed by atoms with E-state index in [1.165, 1.54) is 5.01 Å². The van der Waals surface area contributed by atoms with Crippen LogP contribution in [-0.2, 0) is 20.9 Å². The van der Waals surface area contributed by atoms with E-state index in [2.05, 4.69) is 5.10 Å². The molecule has 0 spiro atoms.